The van der Waals surface area contributed by atoms with Crippen LogP contribution in [-0.2, 0) is 6.42 Å². The number of aliphatic hydroxyl groups excluding tert-OH is 2. The van der Waals surface area contributed by atoms with Gasteiger partial charge in [-0.25, -0.2) is 4.79 Å². The molecule has 3 aliphatic carbocycles. The number of carbonyl (C=O) groups is 1. The van der Waals surface area contributed by atoms with Crippen LogP contribution < -0.4 is 0 Å². The predicted octanol–water partition coefficient (Wildman–Crippen LogP) is 5.70. The van der Waals surface area contributed by atoms with Crippen LogP contribution in [0.3, 0.4) is 0 Å². The van der Waals surface area contributed by atoms with Gasteiger partial charge in [-0.1, -0.05) is 50.3 Å². The van der Waals surface area contributed by atoms with Gasteiger partial charge in [0.2, 0.25) is 0 Å². The van der Waals surface area contributed by atoms with Crippen molar-refractivity contribution in [1.82, 2.24) is 0 Å². The van der Waals surface area contributed by atoms with E-state index in [0.717, 1.165) is 24.0 Å². The Balaban J connectivity index is 1.49. The Hall–Kier alpha value is -2.17. The lowest BCUT2D eigenvalue weighted by Gasteiger charge is -2.44. The summed E-state index contributed by atoms with van der Waals surface area (Å²) >= 11 is 0. The molecule has 0 bridgehead atoms. The molecule has 3 saturated carbocycles. The van der Waals surface area contributed by atoms with Crippen molar-refractivity contribution in [2.75, 3.05) is 0 Å². The van der Waals surface area contributed by atoms with Gasteiger partial charge in [0.15, 0.2) is 0 Å². The third-order valence-corrected chi connectivity index (χ3v) is 8.75. The first kappa shape index (κ1) is 24.0. The Morgan fingerprint density at radius 2 is 1.94 bits per heavy atom. The van der Waals surface area contributed by atoms with Crippen LogP contribution in [0.25, 0.3) is 0 Å². The second-order valence-corrected chi connectivity index (χ2v) is 10.8. The number of fused-ring (bicyclic) bond motifs is 1. The maximum Gasteiger partial charge on any atom is 0.335 e. The van der Waals surface area contributed by atoms with Gasteiger partial charge in [-0.3, -0.25) is 0 Å². The van der Waals surface area contributed by atoms with Crippen LogP contribution in [-0.4, -0.2) is 33.5 Å². The fourth-order valence-electron chi connectivity index (χ4n) is 6.98. The van der Waals surface area contributed by atoms with Gasteiger partial charge in [0.1, 0.15) is 0 Å². The second kappa shape index (κ2) is 9.60. The van der Waals surface area contributed by atoms with Crippen LogP contribution in [0, 0.1) is 23.2 Å². The van der Waals surface area contributed by atoms with Crippen molar-refractivity contribution in [3.63, 3.8) is 0 Å². The number of carboxylic acid groups (broad SMARTS) is 1. The van der Waals surface area contributed by atoms with Crippen molar-refractivity contribution in [2.24, 2.45) is 23.2 Å². The van der Waals surface area contributed by atoms with Gasteiger partial charge in [-0.2, -0.15) is 0 Å². The molecule has 0 heterocycles. The summed E-state index contributed by atoms with van der Waals surface area (Å²) in [5.41, 5.74) is 5.08. The number of carboxylic acids is 1. The van der Waals surface area contributed by atoms with Gasteiger partial charge in [0, 0.05) is 6.42 Å². The van der Waals surface area contributed by atoms with Crippen LogP contribution in [0.15, 0.2) is 59.7 Å². The van der Waals surface area contributed by atoms with Gasteiger partial charge in [0.05, 0.1) is 17.8 Å². The van der Waals surface area contributed by atoms with Crippen molar-refractivity contribution in [3.8, 4) is 0 Å². The minimum absolute atomic E-state index is 0.283. The van der Waals surface area contributed by atoms with Crippen LogP contribution in [0.1, 0.15) is 74.7 Å². The SMILES string of the molecule is C=C1/C(=C\C=C2/CCC[C@]3(C)[C@@H]([C@H](C)Cc4ccc(C(=O)O)cc4)CC[C@@H]23)C[C@@H](O)C[C@@H]1O. The van der Waals surface area contributed by atoms with Gasteiger partial charge in [-0.05, 0) is 97.0 Å². The normalized spacial score (nSPS) is 35.6. The molecular weight excluding hydrogens is 412 g/mol. The minimum atomic E-state index is -0.877. The van der Waals surface area contributed by atoms with E-state index < -0.39 is 18.2 Å². The average Bonchev–Trinajstić information content (AvgIpc) is 3.13. The molecule has 6 atom stereocenters. The lowest BCUT2D eigenvalue weighted by atomic mass is 9.60. The van der Waals surface area contributed by atoms with Gasteiger partial charge in [-0.15, -0.1) is 0 Å². The smallest absolute Gasteiger partial charge is 0.335 e. The van der Waals surface area contributed by atoms with Gasteiger partial charge >= 0.3 is 5.97 Å². The number of rotatable bonds is 5. The Morgan fingerprint density at radius 3 is 2.64 bits per heavy atom. The van der Waals surface area contributed by atoms with E-state index in [0.29, 0.717) is 36.2 Å². The monoisotopic (exact) mass is 450 g/mol. The highest BCUT2D eigenvalue weighted by Gasteiger charge is 2.50. The highest BCUT2D eigenvalue weighted by atomic mass is 16.4. The van der Waals surface area contributed by atoms with E-state index in [1.165, 1.54) is 36.8 Å². The molecule has 3 aliphatic rings. The summed E-state index contributed by atoms with van der Waals surface area (Å²) < 4.78 is 0. The third-order valence-electron chi connectivity index (χ3n) is 8.75. The predicted molar refractivity (Wildman–Crippen MR) is 131 cm³/mol. The maximum absolute atomic E-state index is 11.1. The number of aromatic carboxylic acids is 1. The van der Waals surface area contributed by atoms with Crippen molar-refractivity contribution in [3.05, 3.63) is 70.8 Å². The van der Waals surface area contributed by atoms with Crippen LogP contribution in [0.4, 0.5) is 0 Å². The van der Waals surface area contributed by atoms with E-state index in [1.54, 1.807) is 12.1 Å². The van der Waals surface area contributed by atoms with Gasteiger partial charge < -0.3 is 15.3 Å². The van der Waals surface area contributed by atoms with E-state index in [9.17, 15) is 15.0 Å². The van der Waals surface area contributed by atoms with E-state index in [1.807, 2.05) is 12.1 Å². The molecule has 0 radical (unpaired) electrons. The molecule has 178 valence electrons. The number of allylic oxidation sites excluding steroid dienone is 3. The number of hydrogen-bond acceptors (Lipinski definition) is 3. The number of hydrogen-bond donors (Lipinski definition) is 3. The molecule has 0 unspecified atom stereocenters. The highest BCUT2D eigenvalue weighted by Crippen LogP contribution is 2.59. The maximum atomic E-state index is 11.1. The Morgan fingerprint density at radius 1 is 1.21 bits per heavy atom. The largest absolute Gasteiger partial charge is 0.478 e. The fourth-order valence-corrected chi connectivity index (χ4v) is 6.98. The summed E-state index contributed by atoms with van der Waals surface area (Å²) in [4.78, 5) is 11.1. The van der Waals surface area contributed by atoms with E-state index >= 15 is 0 Å². The topological polar surface area (TPSA) is 77.8 Å². The lowest BCUT2D eigenvalue weighted by Crippen LogP contribution is -2.36. The summed E-state index contributed by atoms with van der Waals surface area (Å²) in [5, 5.41) is 29.4. The molecule has 4 heteroatoms. The third kappa shape index (κ3) is 4.88. The quantitative estimate of drug-likeness (QED) is 0.537. The molecular formula is C29H38O4. The van der Waals surface area contributed by atoms with E-state index in [-0.39, 0.29) is 5.41 Å². The molecule has 4 rings (SSSR count). The molecule has 0 aromatic heterocycles. The first-order valence-corrected chi connectivity index (χ1v) is 12.5. The number of benzene rings is 1. The molecule has 33 heavy (non-hydrogen) atoms. The first-order chi connectivity index (χ1) is 15.7. The Labute approximate surface area is 197 Å². The van der Waals surface area contributed by atoms with Crippen molar-refractivity contribution < 1.29 is 20.1 Å². The average molecular weight is 451 g/mol. The zero-order valence-corrected chi connectivity index (χ0v) is 20.0. The van der Waals surface area contributed by atoms with Crippen LogP contribution >= 0.6 is 0 Å². The highest BCUT2D eigenvalue weighted by molar-refractivity contribution is 5.87. The molecule has 3 N–H and O–H groups in total. The molecule has 0 aliphatic heterocycles. The van der Waals surface area contributed by atoms with Gasteiger partial charge in [0.25, 0.3) is 0 Å². The molecule has 0 spiro atoms. The van der Waals surface area contributed by atoms with Crippen LogP contribution in [0.5, 0.6) is 0 Å². The molecule has 1 aromatic rings. The summed E-state index contributed by atoms with van der Waals surface area (Å²) in [5.74, 6) is 0.887. The summed E-state index contributed by atoms with van der Waals surface area (Å²) in [6.45, 7) is 8.89. The lowest BCUT2D eigenvalue weighted by molar-refractivity contribution is 0.0696. The molecule has 4 nitrogen and oxygen atoms in total. The van der Waals surface area contributed by atoms with Crippen LogP contribution in [0.2, 0.25) is 0 Å². The number of aliphatic hydroxyl groups is 2. The molecule has 0 saturated heterocycles. The standard InChI is InChI=1S/C29H38O4/c1-18(15-20-6-8-22(9-7-20)28(32)33)25-12-13-26-21(5-4-14-29(25,26)3)10-11-23-16-24(30)17-27(31)19(23)2/h6-11,18,24-27,30-31H,2,4-5,12-17H2,1,3H3,(H,32,33)/b21-10+,23-11-/t18-,24-,25-,26+,27+,29-/m1/s1. The molecule has 0 amide bonds. The first-order valence-electron chi connectivity index (χ1n) is 12.5. The Bertz CT molecular complexity index is 956. The molecule has 1 aromatic carbocycles. The van der Waals surface area contributed by atoms with Crippen molar-refractivity contribution in [2.45, 2.75) is 77.4 Å². The zero-order valence-electron chi connectivity index (χ0n) is 20.0. The second-order valence-electron chi connectivity index (χ2n) is 10.8. The minimum Gasteiger partial charge on any atom is -0.478 e. The van der Waals surface area contributed by atoms with Crippen molar-refractivity contribution >= 4 is 5.97 Å². The fraction of sp³-hybridized carbons (Fsp3) is 0.552. The zero-order chi connectivity index (χ0) is 23.8. The Kier molecular flexibility index (Phi) is 6.97. The van der Waals surface area contributed by atoms with E-state index in [2.05, 4.69) is 32.6 Å². The van der Waals surface area contributed by atoms with Crippen molar-refractivity contribution in [1.29, 1.82) is 0 Å². The molecule has 3 fully saturated rings. The summed E-state index contributed by atoms with van der Waals surface area (Å²) in [6.07, 6.45) is 11.2. The van der Waals surface area contributed by atoms with E-state index in [4.69, 9.17) is 5.11 Å². The summed E-state index contributed by atoms with van der Waals surface area (Å²) in [6, 6.07) is 7.36. The summed E-state index contributed by atoms with van der Waals surface area (Å²) in [7, 11) is 0.